The molecule has 0 unspecified atom stereocenters. The Kier molecular flexibility index (Phi) is 3.48. The van der Waals surface area contributed by atoms with Crippen LogP contribution < -0.4 is 0 Å². The zero-order valence-electron chi connectivity index (χ0n) is 9.81. The Bertz CT molecular complexity index is 720. The molecule has 0 atom stereocenters. The van der Waals surface area contributed by atoms with Crippen LogP contribution in [0, 0.1) is 11.6 Å². The van der Waals surface area contributed by atoms with Gasteiger partial charge in [0.25, 0.3) is 0 Å². The van der Waals surface area contributed by atoms with E-state index in [9.17, 15) is 17.2 Å². The molecule has 0 spiro atoms. The van der Waals surface area contributed by atoms with Crippen molar-refractivity contribution in [2.75, 3.05) is 0 Å². The Labute approximate surface area is 109 Å². The molecule has 0 bridgehead atoms. The van der Waals surface area contributed by atoms with Gasteiger partial charge in [0.15, 0.2) is 11.6 Å². The van der Waals surface area contributed by atoms with Crippen LogP contribution >= 0.6 is 0 Å². The Morgan fingerprint density at radius 1 is 0.895 bits per heavy atom. The lowest BCUT2D eigenvalue weighted by Crippen LogP contribution is -2.03. The first kappa shape index (κ1) is 13.4. The minimum atomic E-state index is -3.84. The van der Waals surface area contributed by atoms with Crippen LogP contribution in [0.15, 0.2) is 58.8 Å². The highest BCUT2D eigenvalue weighted by molar-refractivity contribution is 7.91. The third-order valence-electron chi connectivity index (χ3n) is 2.63. The maximum Gasteiger partial charge on any atom is 0.206 e. The second-order valence-corrected chi connectivity index (χ2v) is 5.80. The van der Waals surface area contributed by atoms with Gasteiger partial charge in [-0.1, -0.05) is 24.8 Å². The SMILES string of the molecule is C=Cc1ccc(S(=O)(=O)c2ccc(F)c(F)c2)cc1. The molecule has 0 radical (unpaired) electrons. The molecule has 2 rings (SSSR count). The molecule has 0 fully saturated rings. The maximum absolute atomic E-state index is 13.1. The molecule has 0 amide bonds. The Morgan fingerprint density at radius 3 is 2.00 bits per heavy atom. The zero-order chi connectivity index (χ0) is 14.0. The quantitative estimate of drug-likeness (QED) is 0.807. The maximum atomic E-state index is 13.1. The summed E-state index contributed by atoms with van der Waals surface area (Å²) in [5.74, 6) is -2.27. The Morgan fingerprint density at radius 2 is 1.47 bits per heavy atom. The summed E-state index contributed by atoms with van der Waals surface area (Å²) in [6.45, 7) is 3.56. The van der Waals surface area contributed by atoms with Crippen LogP contribution in [0.4, 0.5) is 8.78 Å². The van der Waals surface area contributed by atoms with Crippen LogP contribution in [0.25, 0.3) is 6.08 Å². The number of hydrogen-bond donors (Lipinski definition) is 0. The van der Waals surface area contributed by atoms with Gasteiger partial charge in [-0.2, -0.15) is 0 Å². The van der Waals surface area contributed by atoms with E-state index in [-0.39, 0.29) is 9.79 Å². The van der Waals surface area contributed by atoms with Gasteiger partial charge in [-0.15, -0.1) is 0 Å². The molecule has 0 aliphatic rings. The van der Waals surface area contributed by atoms with Crippen LogP contribution in [0.5, 0.6) is 0 Å². The molecule has 19 heavy (non-hydrogen) atoms. The molecule has 0 saturated heterocycles. The third kappa shape index (κ3) is 2.56. The van der Waals surface area contributed by atoms with Crippen molar-refractivity contribution in [2.45, 2.75) is 9.79 Å². The summed E-state index contributed by atoms with van der Waals surface area (Å²) in [4.78, 5) is -0.262. The van der Waals surface area contributed by atoms with Crippen molar-refractivity contribution in [2.24, 2.45) is 0 Å². The van der Waals surface area contributed by atoms with Gasteiger partial charge < -0.3 is 0 Å². The minimum absolute atomic E-state index is 0.0177. The summed E-state index contributed by atoms with van der Waals surface area (Å²) < 4.78 is 50.3. The van der Waals surface area contributed by atoms with Gasteiger partial charge in [0, 0.05) is 0 Å². The van der Waals surface area contributed by atoms with Crippen molar-refractivity contribution in [3.63, 3.8) is 0 Å². The molecular weight excluding hydrogens is 270 g/mol. The number of sulfone groups is 1. The molecule has 5 heteroatoms. The molecule has 98 valence electrons. The highest BCUT2D eigenvalue weighted by atomic mass is 32.2. The lowest BCUT2D eigenvalue weighted by Gasteiger charge is -2.05. The van der Waals surface area contributed by atoms with Crippen molar-refractivity contribution in [3.05, 3.63) is 66.2 Å². The van der Waals surface area contributed by atoms with Crippen molar-refractivity contribution < 1.29 is 17.2 Å². The Hall–Kier alpha value is -2.01. The second kappa shape index (κ2) is 4.93. The van der Waals surface area contributed by atoms with Crippen LogP contribution in [0.2, 0.25) is 0 Å². The van der Waals surface area contributed by atoms with Gasteiger partial charge in [-0.25, -0.2) is 17.2 Å². The molecule has 2 aromatic rings. The molecule has 2 nitrogen and oxygen atoms in total. The summed E-state index contributed by atoms with van der Waals surface area (Å²) in [5, 5.41) is 0. The van der Waals surface area contributed by atoms with E-state index in [2.05, 4.69) is 6.58 Å². The molecule has 0 saturated carbocycles. The zero-order valence-corrected chi connectivity index (χ0v) is 10.6. The van der Waals surface area contributed by atoms with E-state index >= 15 is 0 Å². The van der Waals surface area contributed by atoms with Gasteiger partial charge in [0.05, 0.1) is 9.79 Å². The summed E-state index contributed by atoms with van der Waals surface area (Å²) in [7, 11) is -3.84. The molecule has 0 N–H and O–H groups in total. The number of benzene rings is 2. The predicted molar refractivity (Wildman–Crippen MR) is 68.3 cm³/mol. The topological polar surface area (TPSA) is 34.1 Å². The number of hydrogen-bond acceptors (Lipinski definition) is 2. The van der Waals surface area contributed by atoms with Crippen LogP contribution in [0.3, 0.4) is 0 Å². The van der Waals surface area contributed by atoms with Gasteiger partial charge >= 0.3 is 0 Å². The second-order valence-electron chi connectivity index (χ2n) is 3.85. The summed E-state index contributed by atoms with van der Waals surface area (Å²) in [6, 6.07) is 8.46. The van der Waals surface area contributed by atoms with E-state index in [0.29, 0.717) is 6.07 Å². The van der Waals surface area contributed by atoms with Crippen molar-refractivity contribution in [1.82, 2.24) is 0 Å². The average Bonchev–Trinajstić information content (AvgIpc) is 2.41. The van der Waals surface area contributed by atoms with Crippen molar-refractivity contribution in [1.29, 1.82) is 0 Å². The fourth-order valence-electron chi connectivity index (χ4n) is 1.56. The highest BCUT2D eigenvalue weighted by Crippen LogP contribution is 2.22. The van der Waals surface area contributed by atoms with Crippen LogP contribution in [-0.2, 0) is 9.84 Å². The largest absolute Gasteiger partial charge is 0.219 e. The van der Waals surface area contributed by atoms with E-state index < -0.39 is 21.5 Å². The van der Waals surface area contributed by atoms with Gasteiger partial charge in [-0.05, 0) is 35.9 Å². The summed E-state index contributed by atoms with van der Waals surface area (Å²) in [5.41, 5.74) is 0.768. The molecule has 0 heterocycles. The highest BCUT2D eigenvalue weighted by Gasteiger charge is 2.19. The molecule has 2 aromatic carbocycles. The van der Waals surface area contributed by atoms with Crippen LogP contribution in [0.1, 0.15) is 5.56 Å². The van der Waals surface area contributed by atoms with Gasteiger partial charge in [0.1, 0.15) is 0 Å². The van der Waals surface area contributed by atoms with Gasteiger partial charge in [0.2, 0.25) is 9.84 Å². The third-order valence-corrected chi connectivity index (χ3v) is 4.39. The first-order chi connectivity index (χ1) is 8.95. The lowest BCUT2D eigenvalue weighted by molar-refractivity contribution is 0.504. The average molecular weight is 280 g/mol. The number of rotatable bonds is 3. The molecule has 0 aromatic heterocycles. The van der Waals surface area contributed by atoms with E-state index in [1.54, 1.807) is 18.2 Å². The van der Waals surface area contributed by atoms with E-state index in [0.717, 1.165) is 17.7 Å². The lowest BCUT2D eigenvalue weighted by atomic mass is 10.2. The molecule has 0 aliphatic carbocycles. The molecular formula is C14H10F2O2S. The van der Waals surface area contributed by atoms with Crippen molar-refractivity contribution >= 4 is 15.9 Å². The molecule has 0 aliphatic heterocycles. The van der Waals surface area contributed by atoms with Gasteiger partial charge in [-0.3, -0.25) is 0 Å². The fourth-order valence-corrected chi connectivity index (χ4v) is 2.84. The first-order valence-corrected chi connectivity index (χ1v) is 6.86. The monoisotopic (exact) mass is 280 g/mol. The normalized spacial score (nSPS) is 11.3. The van der Waals surface area contributed by atoms with Crippen molar-refractivity contribution in [3.8, 4) is 0 Å². The smallest absolute Gasteiger partial charge is 0.206 e. The standard InChI is InChI=1S/C14H10F2O2S/c1-2-10-3-5-11(6-4-10)19(17,18)12-7-8-13(15)14(16)9-12/h2-9H,1H2. The predicted octanol–water partition coefficient (Wildman–Crippen LogP) is 3.44. The number of halogens is 2. The Balaban J connectivity index is 2.51. The first-order valence-electron chi connectivity index (χ1n) is 5.38. The van der Waals surface area contributed by atoms with E-state index in [1.165, 1.54) is 12.1 Å². The van der Waals surface area contributed by atoms with E-state index in [1.807, 2.05) is 0 Å². The summed E-state index contributed by atoms with van der Waals surface area (Å²) in [6.07, 6.45) is 1.58. The van der Waals surface area contributed by atoms with E-state index in [4.69, 9.17) is 0 Å². The fraction of sp³-hybridized carbons (Fsp3) is 0. The van der Waals surface area contributed by atoms with Crippen LogP contribution in [-0.4, -0.2) is 8.42 Å². The summed E-state index contributed by atoms with van der Waals surface area (Å²) >= 11 is 0. The minimum Gasteiger partial charge on any atom is -0.219 e.